The average molecular weight is 468 g/mol. The van der Waals surface area contributed by atoms with Crippen LogP contribution < -0.4 is 15.5 Å². The molecular formula is C26H29N9. The first-order chi connectivity index (χ1) is 17.0. The van der Waals surface area contributed by atoms with Crippen LogP contribution in [0.15, 0.2) is 60.8 Å². The molecule has 0 unspecified atom stereocenters. The Labute approximate surface area is 205 Å². The molecule has 1 fully saturated rings. The van der Waals surface area contributed by atoms with Crippen molar-refractivity contribution >= 4 is 29.0 Å². The minimum Gasteiger partial charge on any atom is -0.369 e. The molecule has 2 N–H and O–H groups in total. The Bertz CT molecular complexity index is 1300. The fraction of sp³-hybridized carbons (Fsp3) is 0.269. The monoisotopic (exact) mass is 467 g/mol. The fourth-order valence-corrected chi connectivity index (χ4v) is 3.98. The molecule has 9 nitrogen and oxygen atoms in total. The summed E-state index contributed by atoms with van der Waals surface area (Å²) in [4.78, 5) is 27.5. The summed E-state index contributed by atoms with van der Waals surface area (Å²) in [6.07, 6.45) is 1.72. The van der Waals surface area contributed by atoms with Gasteiger partial charge in [-0.1, -0.05) is 6.07 Å². The van der Waals surface area contributed by atoms with Crippen LogP contribution in [0.4, 0.5) is 29.0 Å². The largest absolute Gasteiger partial charge is 0.369 e. The molecule has 0 amide bonds. The van der Waals surface area contributed by atoms with E-state index < -0.39 is 0 Å². The van der Waals surface area contributed by atoms with Crippen molar-refractivity contribution in [2.24, 2.45) is 0 Å². The molecular weight excluding hydrogens is 438 g/mol. The van der Waals surface area contributed by atoms with Gasteiger partial charge in [0, 0.05) is 61.2 Å². The zero-order chi connectivity index (χ0) is 24.2. The second kappa shape index (κ2) is 10.0. The summed E-state index contributed by atoms with van der Waals surface area (Å²) in [5.41, 5.74) is 4.67. The molecule has 0 aliphatic carbocycles. The molecule has 0 saturated carbocycles. The molecule has 1 aliphatic rings. The van der Waals surface area contributed by atoms with Gasteiger partial charge >= 0.3 is 0 Å². The maximum absolute atomic E-state index is 4.64. The third-order valence-electron chi connectivity index (χ3n) is 5.88. The highest BCUT2D eigenvalue weighted by molar-refractivity contribution is 5.62. The number of benzene rings is 1. The van der Waals surface area contributed by atoms with Crippen LogP contribution in [-0.4, -0.2) is 63.0 Å². The number of piperazine rings is 1. The lowest BCUT2D eigenvalue weighted by molar-refractivity contribution is 0.313. The number of nitrogens with one attached hydrogen (secondary N) is 2. The van der Waals surface area contributed by atoms with Crippen molar-refractivity contribution in [2.75, 3.05) is 48.8 Å². The fourth-order valence-electron chi connectivity index (χ4n) is 3.98. The molecule has 4 heterocycles. The van der Waals surface area contributed by atoms with Gasteiger partial charge in [0.25, 0.3) is 0 Å². The van der Waals surface area contributed by atoms with Gasteiger partial charge < -0.3 is 20.4 Å². The molecule has 3 aromatic heterocycles. The zero-order valence-corrected chi connectivity index (χ0v) is 20.2. The van der Waals surface area contributed by atoms with E-state index in [4.69, 9.17) is 0 Å². The van der Waals surface area contributed by atoms with E-state index in [1.807, 2.05) is 44.2 Å². The van der Waals surface area contributed by atoms with Gasteiger partial charge in [-0.3, -0.25) is 0 Å². The Balaban J connectivity index is 1.28. The van der Waals surface area contributed by atoms with Crippen LogP contribution in [0.5, 0.6) is 0 Å². The Morgan fingerprint density at radius 3 is 2.31 bits per heavy atom. The van der Waals surface area contributed by atoms with E-state index in [1.54, 1.807) is 6.20 Å². The molecule has 1 saturated heterocycles. The van der Waals surface area contributed by atoms with Gasteiger partial charge in [-0.15, -0.1) is 0 Å². The Morgan fingerprint density at radius 2 is 1.54 bits per heavy atom. The number of aryl methyl sites for hydroxylation is 2. The first-order valence-electron chi connectivity index (χ1n) is 11.7. The maximum Gasteiger partial charge on any atom is 0.229 e. The van der Waals surface area contributed by atoms with Gasteiger partial charge in [0.15, 0.2) is 5.82 Å². The second-order valence-electron chi connectivity index (χ2n) is 8.74. The lowest BCUT2D eigenvalue weighted by atomic mass is 10.2. The van der Waals surface area contributed by atoms with Crippen LogP contribution >= 0.6 is 0 Å². The molecule has 9 heteroatoms. The standard InChI is InChI=1S/C26H29N9/c1-18-5-4-6-22(28-18)25-29-19(2)17-24(32-25)31-23-11-12-27-26(33-23)30-20-7-9-21(10-8-20)35-15-13-34(3)14-16-35/h4-12,17H,13-16H2,1-3H3,(H2,27,29,30,31,32,33). The van der Waals surface area contributed by atoms with Gasteiger partial charge in [-0.05, 0) is 63.4 Å². The Kier molecular flexibility index (Phi) is 6.49. The van der Waals surface area contributed by atoms with Crippen molar-refractivity contribution in [3.8, 4) is 11.5 Å². The van der Waals surface area contributed by atoms with E-state index in [0.717, 1.165) is 48.9 Å². The number of likely N-dealkylation sites (N-methyl/N-ethyl adjacent to an activating group) is 1. The molecule has 0 bridgehead atoms. The number of aromatic nitrogens is 5. The van der Waals surface area contributed by atoms with Crippen molar-refractivity contribution in [3.63, 3.8) is 0 Å². The third-order valence-corrected chi connectivity index (χ3v) is 5.88. The van der Waals surface area contributed by atoms with Gasteiger partial charge in [0.1, 0.15) is 17.3 Å². The van der Waals surface area contributed by atoms with Gasteiger partial charge in [0.05, 0.1) is 0 Å². The summed E-state index contributed by atoms with van der Waals surface area (Å²) >= 11 is 0. The number of anilines is 5. The molecule has 4 aromatic rings. The van der Waals surface area contributed by atoms with Crippen LogP contribution in [0, 0.1) is 13.8 Å². The third kappa shape index (κ3) is 5.70. The van der Waals surface area contributed by atoms with Crippen molar-refractivity contribution in [2.45, 2.75) is 13.8 Å². The number of nitrogens with zero attached hydrogens (tertiary/aromatic N) is 7. The maximum atomic E-state index is 4.64. The average Bonchev–Trinajstić information content (AvgIpc) is 2.85. The molecule has 1 aromatic carbocycles. The van der Waals surface area contributed by atoms with Crippen LogP contribution in [0.1, 0.15) is 11.4 Å². The normalized spacial score (nSPS) is 14.1. The van der Waals surface area contributed by atoms with Gasteiger partial charge in [0.2, 0.25) is 5.95 Å². The lowest BCUT2D eigenvalue weighted by Gasteiger charge is -2.34. The van der Waals surface area contributed by atoms with Crippen molar-refractivity contribution in [1.29, 1.82) is 0 Å². The van der Waals surface area contributed by atoms with Crippen LogP contribution in [0.3, 0.4) is 0 Å². The molecule has 35 heavy (non-hydrogen) atoms. The lowest BCUT2D eigenvalue weighted by Crippen LogP contribution is -2.44. The predicted molar refractivity (Wildman–Crippen MR) is 139 cm³/mol. The summed E-state index contributed by atoms with van der Waals surface area (Å²) in [5.74, 6) is 2.37. The minimum absolute atomic E-state index is 0.508. The van der Waals surface area contributed by atoms with E-state index in [2.05, 4.69) is 76.7 Å². The van der Waals surface area contributed by atoms with Crippen molar-refractivity contribution in [3.05, 3.63) is 72.2 Å². The molecule has 178 valence electrons. The highest BCUT2D eigenvalue weighted by atomic mass is 15.2. The minimum atomic E-state index is 0.508. The van der Waals surface area contributed by atoms with E-state index in [1.165, 1.54) is 5.69 Å². The van der Waals surface area contributed by atoms with Crippen LogP contribution in [0.25, 0.3) is 11.5 Å². The summed E-state index contributed by atoms with van der Waals surface area (Å²) in [5, 5.41) is 6.56. The smallest absolute Gasteiger partial charge is 0.229 e. The SMILES string of the molecule is Cc1cccc(-c2nc(C)cc(Nc3ccnc(Nc4ccc(N5CCN(C)CC5)cc4)n3)n2)n1. The highest BCUT2D eigenvalue weighted by Gasteiger charge is 2.14. The van der Waals surface area contributed by atoms with E-state index in [-0.39, 0.29) is 0 Å². The molecule has 0 spiro atoms. The summed E-state index contributed by atoms with van der Waals surface area (Å²) in [6.45, 7) is 8.15. The zero-order valence-electron chi connectivity index (χ0n) is 20.2. The number of hydrogen-bond donors (Lipinski definition) is 2. The summed E-state index contributed by atoms with van der Waals surface area (Å²) in [7, 11) is 2.17. The van der Waals surface area contributed by atoms with E-state index in [9.17, 15) is 0 Å². The van der Waals surface area contributed by atoms with Crippen molar-refractivity contribution in [1.82, 2.24) is 29.8 Å². The second-order valence-corrected chi connectivity index (χ2v) is 8.74. The van der Waals surface area contributed by atoms with E-state index >= 15 is 0 Å². The highest BCUT2D eigenvalue weighted by Crippen LogP contribution is 2.23. The predicted octanol–water partition coefficient (Wildman–Crippen LogP) is 4.18. The number of rotatable bonds is 6. The molecule has 0 radical (unpaired) electrons. The molecule has 1 aliphatic heterocycles. The number of pyridine rings is 1. The van der Waals surface area contributed by atoms with Gasteiger partial charge in [-0.2, -0.15) is 4.98 Å². The Morgan fingerprint density at radius 1 is 0.743 bits per heavy atom. The summed E-state index contributed by atoms with van der Waals surface area (Å²) in [6, 6.07) is 17.9. The van der Waals surface area contributed by atoms with Crippen LogP contribution in [-0.2, 0) is 0 Å². The first kappa shape index (κ1) is 22.7. The quantitative estimate of drug-likeness (QED) is 0.433. The number of hydrogen-bond acceptors (Lipinski definition) is 9. The molecule has 5 rings (SSSR count). The molecule has 0 atom stereocenters. The summed E-state index contributed by atoms with van der Waals surface area (Å²) < 4.78 is 0. The Hall–Kier alpha value is -4.11. The first-order valence-corrected chi connectivity index (χ1v) is 11.7. The van der Waals surface area contributed by atoms with E-state index in [0.29, 0.717) is 23.4 Å². The topological polar surface area (TPSA) is 95.0 Å². The van der Waals surface area contributed by atoms with Gasteiger partial charge in [-0.25, -0.2) is 19.9 Å². The van der Waals surface area contributed by atoms with Crippen molar-refractivity contribution < 1.29 is 0 Å². The van der Waals surface area contributed by atoms with Crippen LogP contribution in [0.2, 0.25) is 0 Å².